The van der Waals surface area contributed by atoms with Crippen molar-refractivity contribution in [3.8, 4) is 0 Å². The molecule has 0 amide bonds. The maximum atomic E-state index is 2.42. The van der Waals surface area contributed by atoms with Crippen LogP contribution in [-0.2, 0) is 42.1 Å². The van der Waals surface area contributed by atoms with E-state index in [9.17, 15) is 0 Å². The molecule has 2 fully saturated rings. The van der Waals surface area contributed by atoms with Crippen LogP contribution in [0.1, 0.15) is 397 Å². The first-order chi connectivity index (χ1) is 25.3. The van der Waals surface area contributed by atoms with Gasteiger partial charge in [0.2, 0.25) is 0 Å². The monoisotopic (exact) mass is 1380 g/mol. The molecule has 2 aliphatic carbocycles. The molecule has 0 heterocycles. The molecule has 0 nitrogen and oxygen atoms in total. The molecule has 2 heteroatoms. The van der Waals surface area contributed by atoms with Gasteiger partial charge < -0.3 is 0 Å². The first kappa shape index (κ1) is 189. The van der Waals surface area contributed by atoms with Gasteiger partial charge in [-0.3, -0.25) is 0 Å². The van der Waals surface area contributed by atoms with E-state index in [1.165, 1.54) is 51.4 Å². The Morgan fingerprint density at radius 2 is 0.348 bits per heavy atom. The molecule has 0 aromatic heterocycles. The molecular weight excluding hydrogens is 1190 g/mol. The van der Waals surface area contributed by atoms with E-state index in [0.29, 0.717) is 0 Å². The minimum atomic E-state index is 0. The summed E-state index contributed by atoms with van der Waals surface area (Å²) in [5, 5.41) is 0. The summed E-state index contributed by atoms with van der Waals surface area (Å²) in [5.41, 5.74) is 0. The van der Waals surface area contributed by atoms with E-state index in [4.69, 9.17) is 0 Å². The minimum Gasteiger partial charge on any atom is -0.0776 e. The topological polar surface area (TPSA) is 0 Å². The van der Waals surface area contributed by atoms with Crippen LogP contribution in [0.25, 0.3) is 0 Å². The Bertz CT molecular complexity index is 339. The Kier molecular flexibility index (Phi) is 572. The van der Waals surface area contributed by atoms with E-state index in [2.05, 4.69) is 125 Å². The molecule has 69 heavy (non-hydrogen) atoms. The maximum absolute atomic E-state index is 2.42. The third kappa shape index (κ3) is 365. The number of rotatable bonds is 4. The summed E-state index contributed by atoms with van der Waals surface area (Å²) in [6.45, 7) is 76.2. The van der Waals surface area contributed by atoms with Crippen LogP contribution in [0, 0.1) is 59.2 Å². The normalized spacial score (nSPS) is 12.6. The standard InChI is InChI=1S/2C10H20.4C4H10.9C2H6.13CH4.2Pt/c2*1-8(2)7-10-6-4-5-9(10)3;4*1-4(2)3;9*1-2;;;;;;;;;;;;;;;/h2*8-10H,4-7H2,1-3H3;4*4H,1-3H3;9*1-2H3;13*1H4;;. The van der Waals surface area contributed by atoms with E-state index in [1.807, 2.05) is 125 Å². The fraction of sp³-hybridized carbons (Fsp3) is 1.00. The second-order valence-electron chi connectivity index (χ2n) is 15.5. The summed E-state index contributed by atoms with van der Waals surface area (Å²) >= 11 is 0. The Morgan fingerprint density at radius 1 is 0.246 bits per heavy atom. The largest absolute Gasteiger partial charge is 0.0776 e. The molecule has 2 rings (SSSR count). The third-order valence-electron chi connectivity index (χ3n) is 5.63. The van der Waals surface area contributed by atoms with Crippen LogP contribution in [0.2, 0.25) is 0 Å². The Labute approximate surface area is 495 Å². The summed E-state index contributed by atoms with van der Waals surface area (Å²) in [4.78, 5) is 0. The van der Waals surface area contributed by atoms with Crippen LogP contribution in [0.3, 0.4) is 0 Å². The molecule has 0 aromatic carbocycles. The van der Waals surface area contributed by atoms with Gasteiger partial charge in [0.05, 0.1) is 0 Å². The average Bonchev–Trinajstić information content (AvgIpc) is 3.74. The first-order valence-electron chi connectivity index (χ1n) is 25.3. The van der Waals surface area contributed by atoms with Gasteiger partial charge in [0, 0.05) is 42.1 Å². The smallest absolute Gasteiger partial charge is 0 e. The van der Waals surface area contributed by atoms with Crippen LogP contribution in [0.15, 0.2) is 0 Å². The maximum Gasteiger partial charge on any atom is 0 e. The van der Waals surface area contributed by atoms with Crippen molar-refractivity contribution in [3.63, 3.8) is 0 Å². The van der Waals surface area contributed by atoms with Crippen molar-refractivity contribution < 1.29 is 42.1 Å². The van der Waals surface area contributed by atoms with Crippen molar-refractivity contribution in [1.29, 1.82) is 0 Å². The summed E-state index contributed by atoms with van der Waals surface area (Å²) < 4.78 is 0. The van der Waals surface area contributed by atoms with Gasteiger partial charge in [0.15, 0.2) is 0 Å². The molecule has 0 N–H and O–H groups in total. The molecule has 0 spiro atoms. The molecule has 2 saturated carbocycles. The van der Waals surface area contributed by atoms with Crippen molar-refractivity contribution in [3.05, 3.63) is 0 Å². The molecule has 4 atom stereocenters. The second-order valence-corrected chi connectivity index (χ2v) is 15.5. The molecule has 0 bridgehead atoms. The van der Waals surface area contributed by atoms with Crippen LogP contribution >= 0.6 is 0 Å². The van der Waals surface area contributed by atoms with Gasteiger partial charge in [0.1, 0.15) is 0 Å². The molecule has 474 valence electrons. The third-order valence-corrected chi connectivity index (χ3v) is 5.63. The predicted octanol–water partition coefficient (Wildman–Crippen LogP) is 31.1. The van der Waals surface area contributed by atoms with Gasteiger partial charge >= 0.3 is 0 Å². The number of hydrogen-bond acceptors (Lipinski definition) is 0. The Morgan fingerprint density at radius 3 is 0.406 bits per heavy atom. The fourth-order valence-electron chi connectivity index (χ4n) is 4.36. The fourth-order valence-corrected chi connectivity index (χ4v) is 4.36. The zero-order chi connectivity index (χ0) is 47.4. The molecule has 0 aromatic rings. The van der Waals surface area contributed by atoms with Crippen molar-refractivity contribution in [1.82, 2.24) is 0 Å². The summed E-state index contributed by atoms with van der Waals surface area (Å²) in [7, 11) is 0. The van der Waals surface area contributed by atoms with Gasteiger partial charge in [0.25, 0.3) is 0 Å². The van der Waals surface area contributed by atoms with Crippen LogP contribution in [0.5, 0.6) is 0 Å². The molecule has 0 radical (unpaired) electrons. The first-order valence-corrected chi connectivity index (χ1v) is 25.3. The Balaban J connectivity index is -0.0000000104. The van der Waals surface area contributed by atoms with Gasteiger partial charge in [-0.05, 0) is 72.0 Å². The number of hydrogen-bond donors (Lipinski definition) is 0. The van der Waals surface area contributed by atoms with Crippen LogP contribution < -0.4 is 0 Å². The van der Waals surface area contributed by atoms with Crippen LogP contribution in [-0.4, -0.2) is 0 Å². The minimum absolute atomic E-state index is 0. The zero-order valence-electron chi connectivity index (χ0n) is 48.1. The van der Waals surface area contributed by atoms with E-state index in [0.717, 1.165) is 59.2 Å². The van der Waals surface area contributed by atoms with E-state index in [-0.39, 0.29) is 139 Å². The molecule has 0 saturated heterocycles. The summed E-state index contributed by atoms with van der Waals surface area (Å²) in [5.74, 6) is 9.29. The van der Waals surface area contributed by atoms with E-state index in [1.54, 1.807) is 0 Å². The molecule has 2 aliphatic rings. The predicted molar refractivity (Wildman–Crippen MR) is 364 cm³/mol. The average molecular weight is 1380 g/mol. The van der Waals surface area contributed by atoms with Crippen molar-refractivity contribution in [2.75, 3.05) is 0 Å². The Hall–Kier alpha value is 1.38. The molecular formula is C67H186Pt2. The van der Waals surface area contributed by atoms with Crippen molar-refractivity contribution >= 4 is 0 Å². The quantitative estimate of drug-likeness (QED) is 0.263. The van der Waals surface area contributed by atoms with Crippen molar-refractivity contribution in [2.45, 2.75) is 397 Å². The van der Waals surface area contributed by atoms with Crippen LogP contribution in [0.4, 0.5) is 0 Å². The van der Waals surface area contributed by atoms with Gasteiger partial charge in [-0.25, -0.2) is 0 Å². The SMILES string of the molecule is C.C.C.C.C.C.C.C.C.C.C.C.C.CC.CC.CC.CC.CC.CC.CC.CC.CC.CC(C)C.CC(C)C.CC(C)C.CC(C)C.CC(C)CC1CCCC1C.CC(C)CC1CCCC1C.[Pt].[Pt]. The van der Waals surface area contributed by atoms with Gasteiger partial charge in [-0.15, -0.1) is 0 Å². The van der Waals surface area contributed by atoms with E-state index < -0.39 is 0 Å². The van der Waals surface area contributed by atoms with Crippen molar-refractivity contribution in [2.24, 2.45) is 59.2 Å². The molecule has 0 aliphatic heterocycles. The second kappa shape index (κ2) is 209. The summed E-state index contributed by atoms with van der Waals surface area (Å²) in [6, 6.07) is 0. The summed E-state index contributed by atoms with van der Waals surface area (Å²) in [6.07, 6.45) is 11.9. The van der Waals surface area contributed by atoms with E-state index >= 15 is 0 Å². The van der Waals surface area contributed by atoms with Gasteiger partial charge in [-0.2, -0.15) is 0 Å². The molecule has 4 unspecified atom stereocenters. The zero-order valence-corrected chi connectivity index (χ0v) is 52.6. The van der Waals surface area contributed by atoms with Gasteiger partial charge in [-0.1, -0.05) is 384 Å².